The lowest BCUT2D eigenvalue weighted by atomic mass is 9.86. The van der Waals surface area contributed by atoms with E-state index in [1.165, 1.54) is 0 Å². The van der Waals surface area contributed by atoms with Gasteiger partial charge in [-0.1, -0.05) is 105 Å². The van der Waals surface area contributed by atoms with Crippen LogP contribution in [0.25, 0.3) is 0 Å². The van der Waals surface area contributed by atoms with Gasteiger partial charge in [0.25, 0.3) is 0 Å². The summed E-state index contributed by atoms with van der Waals surface area (Å²) in [4.78, 5) is 0. The molecule has 0 spiro atoms. The lowest BCUT2D eigenvalue weighted by molar-refractivity contribution is 0.422. The zero-order chi connectivity index (χ0) is 43.3. The molecule has 0 saturated heterocycles. The lowest BCUT2D eigenvalue weighted by Gasteiger charge is -2.22. The molecule has 0 amide bonds. The average molecular weight is 825 g/mol. The van der Waals surface area contributed by atoms with Gasteiger partial charge in [0.2, 0.25) is 0 Å². The molecule has 0 radical (unpaired) electrons. The van der Waals surface area contributed by atoms with Crippen molar-refractivity contribution in [3.8, 4) is 46.0 Å². The summed E-state index contributed by atoms with van der Waals surface area (Å²) in [6.07, 6.45) is 17.2. The molecule has 0 saturated carbocycles. The van der Waals surface area contributed by atoms with Crippen molar-refractivity contribution in [3.63, 3.8) is 0 Å². The maximum atomic E-state index is 11.9. The number of unbranched alkanes of at least 4 members (excludes halogenated alkanes) is 12. The molecule has 0 aromatic heterocycles. The third-order valence-electron chi connectivity index (χ3n) is 12.8. The van der Waals surface area contributed by atoms with Crippen LogP contribution < -0.4 is 0 Å². The molecule has 0 fully saturated rings. The Labute approximate surface area is 358 Å². The van der Waals surface area contributed by atoms with E-state index in [0.29, 0.717) is 92.4 Å². The smallest absolute Gasteiger partial charge is 0.126 e. The molecule has 8 nitrogen and oxygen atoms in total. The van der Waals surface area contributed by atoms with Gasteiger partial charge in [-0.3, -0.25) is 0 Å². The molecule has 4 aromatic rings. The Bertz CT molecular complexity index is 1670. The Balaban J connectivity index is 1.79. The Morgan fingerprint density at radius 1 is 0.267 bits per heavy atom. The molecule has 0 aliphatic heterocycles. The molecule has 4 aromatic carbocycles. The van der Waals surface area contributed by atoms with Crippen molar-refractivity contribution in [3.05, 3.63) is 91.0 Å². The van der Waals surface area contributed by atoms with Crippen LogP contribution in [0.1, 0.15) is 197 Å². The first kappa shape index (κ1) is 46.3. The van der Waals surface area contributed by atoms with E-state index in [1.54, 1.807) is 24.3 Å². The highest BCUT2D eigenvalue weighted by Crippen LogP contribution is 2.46. The standard InChI is InChI=1S/C52H72O8/c1-5-9-13-17-21-41-45(53)33-25-34(46(41)54)30-36-27-38(50(58)43(48(36)56)23-19-15-11-7-3)32-40-28-39(51(59)44(52(40)60)24-20-16-12-8-4)31-37-26-35(29-33)47(55)42(49(37)57)22-18-14-10-6-2/h25-28,53-60H,5-24,29-32H2,1-4H3. The highest BCUT2D eigenvalue weighted by atomic mass is 16.3. The molecule has 8 bridgehead atoms. The van der Waals surface area contributed by atoms with Crippen molar-refractivity contribution >= 4 is 0 Å². The number of benzene rings is 4. The fourth-order valence-corrected chi connectivity index (χ4v) is 9.15. The fraction of sp³-hybridized carbons (Fsp3) is 0.538. The van der Waals surface area contributed by atoms with Crippen LogP contribution in [0, 0.1) is 0 Å². The van der Waals surface area contributed by atoms with Crippen LogP contribution in [-0.2, 0) is 51.4 Å². The Morgan fingerprint density at radius 2 is 0.433 bits per heavy atom. The molecular weight excluding hydrogens is 753 g/mol. The number of phenols is 8. The summed E-state index contributed by atoms with van der Waals surface area (Å²) >= 11 is 0. The molecule has 8 heteroatoms. The number of phenolic OH excluding ortho intramolecular Hbond substituents is 8. The van der Waals surface area contributed by atoms with Gasteiger partial charge in [0, 0.05) is 47.9 Å². The van der Waals surface area contributed by atoms with E-state index in [1.807, 2.05) is 0 Å². The van der Waals surface area contributed by atoms with Gasteiger partial charge in [-0.15, -0.1) is 0 Å². The minimum Gasteiger partial charge on any atom is -0.507 e. The number of aromatic hydroxyl groups is 8. The van der Waals surface area contributed by atoms with Crippen LogP contribution in [0.4, 0.5) is 0 Å². The minimum atomic E-state index is -0.0341. The number of hydrogen-bond acceptors (Lipinski definition) is 8. The fourth-order valence-electron chi connectivity index (χ4n) is 9.15. The molecule has 0 unspecified atom stereocenters. The summed E-state index contributed by atoms with van der Waals surface area (Å²) in [5.74, 6) is -0.273. The summed E-state index contributed by atoms with van der Waals surface area (Å²) in [6, 6.07) is 6.99. The average Bonchev–Trinajstić information content (AvgIpc) is 3.23. The van der Waals surface area contributed by atoms with Crippen molar-refractivity contribution in [1.29, 1.82) is 0 Å². The van der Waals surface area contributed by atoms with Crippen molar-refractivity contribution < 1.29 is 40.9 Å². The quantitative estimate of drug-likeness (QED) is 0.0360. The first-order valence-corrected chi connectivity index (χ1v) is 23.2. The van der Waals surface area contributed by atoms with Crippen LogP contribution >= 0.6 is 0 Å². The molecule has 328 valence electrons. The summed E-state index contributed by atoms with van der Waals surface area (Å²) < 4.78 is 0. The van der Waals surface area contributed by atoms with Gasteiger partial charge in [-0.05, 0) is 120 Å². The van der Waals surface area contributed by atoms with Crippen molar-refractivity contribution in [1.82, 2.24) is 0 Å². The predicted octanol–water partition coefficient (Wildman–Crippen LogP) is 12.5. The molecule has 0 heterocycles. The maximum Gasteiger partial charge on any atom is 0.126 e. The topological polar surface area (TPSA) is 162 Å². The van der Waals surface area contributed by atoms with Crippen LogP contribution in [0.15, 0.2) is 24.3 Å². The Kier molecular flexibility index (Phi) is 17.2. The van der Waals surface area contributed by atoms with Crippen LogP contribution in [0.2, 0.25) is 0 Å². The minimum absolute atomic E-state index is 0.0341. The van der Waals surface area contributed by atoms with Crippen molar-refractivity contribution in [2.75, 3.05) is 0 Å². The highest BCUT2D eigenvalue weighted by Gasteiger charge is 2.27. The second-order valence-corrected chi connectivity index (χ2v) is 17.4. The van der Waals surface area contributed by atoms with Gasteiger partial charge in [0.15, 0.2) is 0 Å². The van der Waals surface area contributed by atoms with Gasteiger partial charge < -0.3 is 40.9 Å². The normalized spacial score (nSPS) is 12.6. The number of rotatable bonds is 20. The van der Waals surface area contributed by atoms with E-state index in [9.17, 15) is 40.9 Å². The molecule has 8 N–H and O–H groups in total. The molecule has 1 aliphatic rings. The van der Waals surface area contributed by atoms with Crippen LogP contribution in [-0.4, -0.2) is 40.9 Å². The van der Waals surface area contributed by atoms with Gasteiger partial charge in [-0.25, -0.2) is 0 Å². The van der Waals surface area contributed by atoms with E-state index >= 15 is 0 Å². The van der Waals surface area contributed by atoms with E-state index in [0.717, 1.165) is 103 Å². The third-order valence-corrected chi connectivity index (χ3v) is 12.8. The van der Waals surface area contributed by atoms with Crippen molar-refractivity contribution in [2.24, 2.45) is 0 Å². The maximum absolute atomic E-state index is 11.9. The van der Waals surface area contributed by atoms with Gasteiger partial charge >= 0.3 is 0 Å². The molecule has 1 aliphatic carbocycles. The summed E-state index contributed by atoms with van der Waals surface area (Å²) in [5, 5.41) is 95.1. The molecular formula is C52H72O8. The predicted molar refractivity (Wildman–Crippen MR) is 242 cm³/mol. The largest absolute Gasteiger partial charge is 0.507 e. The van der Waals surface area contributed by atoms with Gasteiger partial charge in [0.05, 0.1) is 0 Å². The summed E-state index contributed by atoms with van der Waals surface area (Å²) in [7, 11) is 0. The van der Waals surface area contributed by atoms with E-state index in [2.05, 4.69) is 27.7 Å². The second kappa shape index (κ2) is 22.2. The summed E-state index contributed by atoms with van der Waals surface area (Å²) in [6.45, 7) is 8.53. The molecule has 60 heavy (non-hydrogen) atoms. The zero-order valence-electron chi connectivity index (χ0n) is 36.9. The molecule has 5 rings (SSSR count). The molecule has 0 atom stereocenters. The monoisotopic (exact) mass is 825 g/mol. The van der Waals surface area contributed by atoms with Gasteiger partial charge in [-0.2, -0.15) is 0 Å². The highest BCUT2D eigenvalue weighted by molar-refractivity contribution is 5.64. The zero-order valence-corrected chi connectivity index (χ0v) is 36.9. The SMILES string of the molecule is CCCCCCc1c(O)c2cc(c1O)Cc1cc(c(O)c(CCCCCC)c1O)Cc1cc(c(O)c(CCCCCC)c1O)Cc1cc(c(O)c(CCCCCC)c1O)C2. The number of fused-ring (bicyclic) bond motifs is 8. The van der Waals surface area contributed by atoms with E-state index in [-0.39, 0.29) is 71.7 Å². The lowest BCUT2D eigenvalue weighted by Crippen LogP contribution is -2.06. The first-order valence-electron chi connectivity index (χ1n) is 23.2. The first-order chi connectivity index (χ1) is 28.9. The van der Waals surface area contributed by atoms with E-state index in [4.69, 9.17) is 0 Å². The summed E-state index contributed by atoms with van der Waals surface area (Å²) in [5.41, 5.74) is 5.74. The Morgan fingerprint density at radius 3 is 0.583 bits per heavy atom. The number of hydrogen-bond donors (Lipinski definition) is 8. The third kappa shape index (κ3) is 11.0. The van der Waals surface area contributed by atoms with E-state index < -0.39 is 0 Å². The Hall–Kier alpha value is -4.72. The van der Waals surface area contributed by atoms with Crippen molar-refractivity contribution in [2.45, 2.75) is 182 Å². The second-order valence-electron chi connectivity index (χ2n) is 17.4. The van der Waals surface area contributed by atoms with Crippen LogP contribution in [0.3, 0.4) is 0 Å². The van der Waals surface area contributed by atoms with Gasteiger partial charge in [0.1, 0.15) is 46.0 Å². The van der Waals surface area contributed by atoms with Crippen LogP contribution in [0.5, 0.6) is 46.0 Å².